The molecule has 2 aliphatic heterocycles. The molecule has 0 aromatic heterocycles. The minimum atomic E-state index is -0.497. The van der Waals surface area contributed by atoms with Gasteiger partial charge in [0.2, 0.25) is 5.91 Å². The van der Waals surface area contributed by atoms with Crippen LogP contribution in [0, 0.1) is 29.1 Å². The predicted octanol–water partition coefficient (Wildman–Crippen LogP) is 3.68. The Labute approximate surface area is 223 Å². The highest BCUT2D eigenvalue weighted by Crippen LogP contribution is 2.35. The number of aliphatic hydroxyl groups excluding tert-OH is 1. The van der Waals surface area contributed by atoms with Crippen LogP contribution in [0.5, 0.6) is 0 Å². The minimum Gasteiger partial charge on any atom is -0.392 e. The van der Waals surface area contributed by atoms with Crippen LogP contribution in [-0.2, 0) is 4.79 Å². The number of hydrogen-bond donors (Lipinski definition) is 4. The number of amides is 1. The molecule has 0 aromatic carbocycles. The molecular formula is C30H49N5O2. The Kier molecular flexibility index (Phi) is 10.7. The fourth-order valence-corrected chi connectivity index (χ4v) is 7.11. The van der Waals surface area contributed by atoms with Crippen molar-refractivity contribution in [2.24, 2.45) is 23.7 Å². The summed E-state index contributed by atoms with van der Waals surface area (Å²) in [5.74, 6) is 2.13. The van der Waals surface area contributed by atoms with E-state index in [1.165, 1.54) is 12.6 Å². The summed E-state index contributed by atoms with van der Waals surface area (Å²) in [6.45, 7) is 3.95. The molecule has 7 nitrogen and oxygen atoms in total. The van der Waals surface area contributed by atoms with Gasteiger partial charge in [0.1, 0.15) is 0 Å². The van der Waals surface area contributed by atoms with E-state index in [1.807, 2.05) is 18.1 Å². The molecular weight excluding hydrogens is 462 g/mol. The van der Waals surface area contributed by atoms with Gasteiger partial charge in [0.15, 0.2) is 0 Å². The molecule has 4 rings (SSSR count). The summed E-state index contributed by atoms with van der Waals surface area (Å²) in [7, 11) is 1.84. The first-order valence-electron chi connectivity index (χ1n) is 14.7. The van der Waals surface area contributed by atoms with Crippen molar-refractivity contribution in [3.63, 3.8) is 0 Å². The van der Waals surface area contributed by atoms with Crippen molar-refractivity contribution in [2.45, 2.75) is 76.4 Å². The number of carbonyl (C=O) groups excluding carboxylic acids is 1. The van der Waals surface area contributed by atoms with Gasteiger partial charge in [0, 0.05) is 51.1 Å². The number of nitrogens with zero attached hydrogens (tertiary/aromatic N) is 2. The zero-order valence-corrected chi connectivity index (χ0v) is 22.8. The molecule has 37 heavy (non-hydrogen) atoms. The topological polar surface area (TPSA) is 91.7 Å². The Morgan fingerprint density at radius 3 is 2.73 bits per heavy atom. The Bertz CT molecular complexity index is 840. The van der Waals surface area contributed by atoms with Crippen LogP contribution >= 0.6 is 0 Å². The first kappa shape index (κ1) is 27.9. The van der Waals surface area contributed by atoms with Crippen molar-refractivity contribution >= 4 is 12.1 Å². The van der Waals surface area contributed by atoms with Gasteiger partial charge in [-0.3, -0.25) is 4.79 Å². The van der Waals surface area contributed by atoms with E-state index in [4.69, 9.17) is 5.41 Å². The molecule has 0 spiro atoms. The highest BCUT2D eigenvalue weighted by Gasteiger charge is 2.36. The fraction of sp³-hybridized carbons (Fsp3) is 0.733. The van der Waals surface area contributed by atoms with Crippen LogP contribution in [0.3, 0.4) is 0 Å². The molecule has 0 bridgehead atoms. The molecule has 6 unspecified atom stereocenters. The molecule has 206 valence electrons. The van der Waals surface area contributed by atoms with Gasteiger partial charge < -0.3 is 30.9 Å². The SMILES string of the molecule is CN/C=C(\C=N)NC1CCCC2CCCN(CC(O)CN3CCC4C=CC=CCC4CC3)C(=O)C2CC1. The lowest BCUT2D eigenvalue weighted by molar-refractivity contribution is -0.138. The zero-order chi connectivity index (χ0) is 26.0. The summed E-state index contributed by atoms with van der Waals surface area (Å²) in [6, 6.07) is 0.290. The largest absolute Gasteiger partial charge is 0.392 e. The molecule has 2 heterocycles. The summed E-state index contributed by atoms with van der Waals surface area (Å²) < 4.78 is 0. The molecule has 2 saturated heterocycles. The summed E-state index contributed by atoms with van der Waals surface area (Å²) in [5, 5.41) is 25.2. The number of aliphatic hydroxyl groups is 1. The Hall–Kier alpha value is -2.12. The maximum Gasteiger partial charge on any atom is 0.226 e. The molecule has 1 saturated carbocycles. The summed E-state index contributed by atoms with van der Waals surface area (Å²) in [5.41, 5.74) is 0.789. The van der Waals surface area contributed by atoms with Gasteiger partial charge in [-0.1, -0.05) is 30.7 Å². The third-order valence-corrected chi connectivity index (χ3v) is 9.13. The maximum atomic E-state index is 13.7. The number of rotatable bonds is 8. The molecule has 7 heteroatoms. The van der Waals surface area contributed by atoms with E-state index in [9.17, 15) is 9.90 Å². The average Bonchev–Trinajstić information content (AvgIpc) is 3.27. The third kappa shape index (κ3) is 7.93. The third-order valence-electron chi connectivity index (χ3n) is 9.13. The van der Waals surface area contributed by atoms with E-state index in [0.717, 1.165) is 83.1 Å². The van der Waals surface area contributed by atoms with Crippen LogP contribution in [0.4, 0.5) is 0 Å². The number of hydrogen-bond acceptors (Lipinski definition) is 6. The highest BCUT2D eigenvalue weighted by molar-refractivity contribution is 5.79. The number of carbonyl (C=O) groups is 1. The van der Waals surface area contributed by atoms with Crippen LogP contribution < -0.4 is 10.6 Å². The summed E-state index contributed by atoms with van der Waals surface area (Å²) in [6.07, 6.45) is 22.5. The van der Waals surface area contributed by atoms with E-state index in [2.05, 4.69) is 39.8 Å². The Morgan fingerprint density at radius 1 is 1.05 bits per heavy atom. The van der Waals surface area contributed by atoms with Crippen molar-refractivity contribution in [1.29, 1.82) is 5.41 Å². The molecule has 0 aromatic rings. The molecule has 6 atom stereocenters. The van der Waals surface area contributed by atoms with E-state index in [-0.39, 0.29) is 11.8 Å². The van der Waals surface area contributed by atoms with Crippen LogP contribution in [0.1, 0.15) is 64.2 Å². The number of β-amino-alcohol motifs (C(OH)–C–C–N with tert-alkyl or cyclic N) is 1. The van der Waals surface area contributed by atoms with Gasteiger partial charge in [-0.2, -0.15) is 0 Å². The van der Waals surface area contributed by atoms with Crippen molar-refractivity contribution in [1.82, 2.24) is 20.4 Å². The average molecular weight is 512 g/mol. The van der Waals surface area contributed by atoms with Gasteiger partial charge >= 0.3 is 0 Å². The minimum absolute atomic E-state index is 0.0566. The fourth-order valence-electron chi connectivity index (χ4n) is 7.11. The smallest absolute Gasteiger partial charge is 0.226 e. The number of fused-ring (bicyclic) bond motifs is 2. The lowest BCUT2D eigenvalue weighted by atomic mass is 9.78. The van der Waals surface area contributed by atoms with Gasteiger partial charge in [0.05, 0.1) is 11.8 Å². The van der Waals surface area contributed by atoms with Crippen molar-refractivity contribution in [3.8, 4) is 0 Å². The lowest BCUT2D eigenvalue weighted by Gasteiger charge is -2.33. The first-order chi connectivity index (χ1) is 18.1. The monoisotopic (exact) mass is 511 g/mol. The Morgan fingerprint density at radius 2 is 1.89 bits per heavy atom. The first-order valence-corrected chi connectivity index (χ1v) is 14.7. The van der Waals surface area contributed by atoms with Crippen LogP contribution in [0.2, 0.25) is 0 Å². The molecule has 4 N–H and O–H groups in total. The van der Waals surface area contributed by atoms with E-state index >= 15 is 0 Å². The van der Waals surface area contributed by atoms with Crippen molar-refractivity contribution in [2.75, 3.05) is 39.8 Å². The zero-order valence-electron chi connectivity index (χ0n) is 22.8. The molecule has 3 fully saturated rings. The molecule has 2 aliphatic carbocycles. The maximum absolute atomic E-state index is 13.7. The van der Waals surface area contributed by atoms with Gasteiger partial charge in [-0.05, 0) is 88.6 Å². The van der Waals surface area contributed by atoms with Gasteiger partial charge in [-0.25, -0.2) is 0 Å². The van der Waals surface area contributed by atoms with Crippen LogP contribution in [0.15, 0.2) is 36.2 Å². The summed E-state index contributed by atoms with van der Waals surface area (Å²) >= 11 is 0. The predicted molar refractivity (Wildman–Crippen MR) is 150 cm³/mol. The second kappa shape index (κ2) is 14.1. The number of likely N-dealkylation sites (tertiary alicyclic amines) is 2. The number of allylic oxidation sites excluding steroid dienone is 5. The van der Waals surface area contributed by atoms with Crippen LogP contribution in [0.25, 0.3) is 0 Å². The highest BCUT2D eigenvalue weighted by atomic mass is 16.3. The van der Waals surface area contributed by atoms with E-state index in [0.29, 0.717) is 36.9 Å². The Balaban J connectivity index is 1.30. The van der Waals surface area contributed by atoms with Crippen molar-refractivity contribution < 1.29 is 9.90 Å². The summed E-state index contributed by atoms with van der Waals surface area (Å²) in [4.78, 5) is 18.1. The van der Waals surface area contributed by atoms with Crippen LogP contribution in [-0.4, -0.2) is 78.9 Å². The second-order valence-electron chi connectivity index (χ2n) is 11.7. The van der Waals surface area contributed by atoms with Gasteiger partial charge in [-0.15, -0.1) is 0 Å². The second-order valence-corrected chi connectivity index (χ2v) is 11.7. The van der Waals surface area contributed by atoms with Gasteiger partial charge in [0.25, 0.3) is 0 Å². The normalized spacial score (nSPS) is 32.6. The number of nitrogens with one attached hydrogen (secondary N) is 3. The standard InChI is InChI=1S/C30H49N5O2/c1-32-20-27(19-31)33-26-11-5-9-25-10-6-16-35(30(37)29(25)13-12-26)22-28(36)21-34-17-14-23-7-3-2-4-8-24(23)15-18-34/h2-4,7,19-20,23-26,28-29,31-33,36H,5-6,8-18,21-22H2,1H3/b27-20+,31-19?. The quantitative estimate of drug-likeness (QED) is 0.373. The van der Waals surface area contributed by atoms with E-state index in [1.54, 1.807) is 0 Å². The molecule has 1 amide bonds. The molecule has 0 radical (unpaired) electrons. The van der Waals surface area contributed by atoms with E-state index < -0.39 is 6.10 Å². The lowest BCUT2D eigenvalue weighted by Crippen LogP contribution is -2.45. The molecule has 4 aliphatic rings. The van der Waals surface area contributed by atoms with Crippen molar-refractivity contribution in [3.05, 3.63) is 36.2 Å².